The van der Waals surface area contributed by atoms with Gasteiger partial charge in [0.1, 0.15) is 0 Å². The van der Waals surface area contributed by atoms with Crippen molar-refractivity contribution in [3.8, 4) is 0 Å². The SMILES string of the molecule is CNCC1CCN(C(=O)CSCC(=O)c2ccccc2)C1.Cl. The molecular weight excluding hydrogens is 320 g/mol. The first-order valence-electron chi connectivity index (χ1n) is 7.29. The predicted molar refractivity (Wildman–Crippen MR) is 94.0 cm³/mol. The Morgan fingerprint density at radius 3 is 2.68 bits per heavy atom. The molecule has 1 saturated heterocycles. The number of nitrogens with one attached hydrogen (secondary N) is 1. The molecule has 0 saturated carbocycles. The summed E-state index contributed by atoms with van der Waals surface area (Å²) in [6.07, 6.45) is 1.07. The van der Waals surface area contributed by atoms with Crippen LogP contribution in [0.4, 0.5) is 0 Å². The molecule has 1 aliphatic heterocycles. The van der Waals surface area contributed by atoms with E-state index in [1.165, 1.54) is 11.8 Å². The Labute approximate surface area is 142 Å². The highest BCUT2D eigenvalue weighted by Gasteiger charge is 2.25. The Morgan fingerprint density at radius 2 is 2.00 bits per heavy atom. The molecule has 1 amide bonds. The highest BCUT2D eigenvalue weighted by atomic mass is 35.5. The average molecular weight is 343 g/mol. The van der Waals surface area contributed by atoms with Crippen LogP contribution in [0.3, 0.4) is 0 Å². The van der Waals surface area contributed by atoms with Crippen LogP contribution in [0.25, 0.3) is 0 Å². The van der Waals surface area contributed by atoms with Crippen molar-refractivity contribution in [2.75, 3.05) is 38.2 Å². The van der Waals surface area contributed by atoms with E-state index < -0.39 is 0 Å². The van der Waals surface area contributed by atoms with Gasteiger partial charge in [-0.05, 0) is 25.9 Å². The Morgan fingerprint density at radius 1 is 1.27 bits per heavy atom. The Balaban J connectivity index is 0.00000242. The molecule has 1 aromatic carbocycles. The topological polar surface area (TPSA) is 49.4 Å². The van der Waals surface area contributed by atoms with E-state index >= 15 is 0 Å². The van der Waals surface area contributed by atoms with Crippen LogP contribution in [0.1, 0.15) is 16.8 Å². The van der Waals surface area contributed by atoms with Crippen molar-refractivity contribution in [3.05, 3.63) is 35.9 Å². The van der Waals surface area contributed by atoms with Crippen molar-refractivity contribution >= 4 is 35.9 Å². The number of carbonyl (C=O) groups excluding carboxylic acids is 2. The van der Waals surface area contributed by atoms with Crippen molar-refractivity contribution in [2.45, 2.75) is 6.42 Å². The number of Topliss-reactive ketones (excluding diaryl/α,β-unsaturated/α-hetero) is 1. The van der Waals surface area contributed by atoms with Gasteiger partial charge in [0.05, 0.1) is 11.5 Å². The number of nitrogens with zero attached hydrogens (tertiary/aromatic N) is 1. The van der Waals surface area contributed by atoms with Gasteiger partial charge in [-0.15, -0.1) is 24.2 Å². The number of hydrogen-bond donors (Lipinski definition) is 1. The summed E-state index contributed by atoms with van der Waals surface area (Å²) in [5.74, 6) is 1.56. The fraction of sp³-hybridized carbons (Fsp3) is 0.500. The number of hydrogen-bond acceptors (Lipinski definition) is 4. The summed E-state index contributed by atoms with van der Waals surface area (Å²) in [6.45, 7) is 2.65. The summed E-state index contributed by atoms with van der Waals surface area (Å²) in [7, 11) is 1.94. The summed E-state index contributed by atoms with van der Waals surface area (Å²) in [6, 6.07) is 9.23. The second kappa shape index (κ2) is 9.87. The molecule has 1 atom stereocenters. The van der Waals surface area contributed by atoms with Crippen LogP contribution in [0.2, 0.25) is 0 Å². The zero-order chi connectivity index (χ0) is 15.1. The Kier molecular flexibility index (Phi) is 8.53. The lowest BCUT2D eigenvalue weighted by Gasteiger charge is -2.16. The molecule has 0 radical (unpaired) electrons. The number of likely N-dealkylation sites (tertiary alicyclic amines) is 1. The molecule has 1 aliphatic rings. The summed E-state index contributed by atoms with van der Waals surface area (Å²) in [5.41, 5.74) is 0.715. The number of rotatable bonds is 7. The lowest BCUT2D eigenvalue weighted by molar-refractivity contribution is -0.127. The maximum absolute atomic E-state index is 12.1. The van der Waals surface area contributed by atoms with E-state index in [1.807, 2.05) is 42.3 Å². The van der Waals surface area contributed by atoms with E-state index in [2.05, 4.69) is 5.32 Å². The number of amides is 1. The third-order valence-corrected chi connectivity index (χ3v) is 4.60. The molecule has 22 heavy (non-hydrogen) atoms. The second-order valence-electron chi connectivity index (χ2n) is 5.33. The van der Waals surface area contributed by atoms with Crippen molar-refractivity contribution in [2.24, 2.45) is 5.92 Å². The highest BCUT2D eigenvalue weighted by Crippen LogP contribution is 2.17. The molecule has 0 aromatic heterocycles. The van der Waals surface area contributed by atoms with Crippen LogP contribution < -0.4 is 5.32 Å². The maximum atomic E-state index is 12.1. The van der Waals surface area contributed by atoms with Crippen LogP contribution in [-0.4, -0.2) is 54.8 Å². The van der Waals surface area contributed by atoms with E-state index in [0.717, 1.165) is 26.1 Å². The first-order chi connectivity index (χ1) is 10.2. The molecule has 1 N–H and O–H groups in total. The normalized spacial score (nSPS) is 17.1. The number of carbonyl (C=O) groups is 2. The van der Waals surface area contributed by atoms with E-state index in [1.54, 1.807) is 0 Å². The van der Waals surface area contributed by atoms with Gasteiger partial charge in [0.25, 0.3) is 0 Å². The quantitative estimate of drug-likeness (QED) is 0.771. The molecule has 2 rings (SSSR count). The molecule has 1 fully saturated rings. The smallest absolute Gasteiger partial charge is 0.232 e. The first-order valence-corrected chi connectivity index (χ1v) is 8.44. The highest BCUT2D eigenvalue weighted by molar-refractivity contribution is 8.00. The third-order valence-electron chi connectivity index (χ3n) is 3.69. The lowest BCUT2D eigenvalue weighted by Crippen LogP contribution is -2.31. The minimum Gasteiger partial charge on any atom is -0.342 e. The van der Waals surface area contributed by atoms with Gasteiger partial charge in [0, 0.05) is 18.7 Å². The minimum absolute atomic E-state index is 0. The van der Waals surface area contributed by atoms with Crippen molar-refractivity contribution < 1.29 is 9.59 Å². The second-order valence-corrected chi connectivity index (χ2v) is 6.32. The van der Waals surface area contributed by atoms with Gasteiger partial charge in [-0.3, -0.25) is 9.59 Å². The monoisotopic (exact) mass is 342 g/mol. The molecule has 1 aromatic rings. The van der Waals surface area contributed by atoms with E-state index in [4.69, 9.17) is 0 Å². The molecule has 1 heterocycles. The zero-order valence-electron chi connectivity index (χ0n) is 12.8. The predicted octanol–water partition coefficient (Wildman–Crippen LogP) is 2.09. The van der Waals surface area contributed by atoms with Crippen LogP contribution in [0, 0.1) is 5.92 Å². The number of halogens is 1. The average Bonchev–Trinajstić information content (AvgIpc) is 2.97. The minimum atomic E-state index is 0. The van der Waals surface area contributed by atoms with Crippen LogP contribution >= 0.6 is 24.2 Å². The molecule has 122 valence electrons. The number of thioether (sulfide) groups is 1. The fourth-order valence-electron chi connectivity index (χ4n) is 2.54. The van der Waals surface area contributed by atoms with Crippen molar-refractivity contribution in [1.29, 1.82) is 0 Å². The van der Waals surface area contributed by atoms with Gasteiger partial charge in [-0.1, -0.05) is 30.3 Å². The fourth-order valence-corrected chi connectivity index (χ4v) is 3.36. The number of benzene rings is 1. The van der Waals surface area contributed by atoms with E-state index in [-0.39, 0.29) is 24.1 Å². The van der Waals surface area contributed by atoms with Crippen LogP contribution in [0.15, 0.2) is 30.3 Å². The number of ketones is 1. The van der Waals surface area contributed by atoms with Gasteiger partial charge < -0.3 is 10.2 Å². The molecule has 1 unspecified atom stereocenters. The maximum Gasteiger partial charge on any atom is 0.232 e. The van der Waals surface area contributed by atoms with Gasteiger partial charge in [-0.25, -0.2) is 0 Å². The molecule has 6 heteroatoms. The van der Waals surface area contributed by atoms with Gasteiger partial charge in [-0.2, -0.15) is 0 Å². The van der Waals surface area contributed by atoms with Gasteiger partial charge in [0.15, 0.2) is 5.78 Å². The summed E-state index contributed by atoms with van der Waals surface area (Å²) < 4.78 is 0. The molecule has 0 bridgehead atoms. The van der Waals surface area contributed by atoms with Gasteiger partial charge >= 0.3 is 0 Å². The Hall–Kier alpha value is -1.04. The molecule has 0 spiro atoms. The first kappa shape index (κ1) is 19.0. The third kappa shape index (κ3) is 5.63. The largest absolute Gasteiger partial charge is 0.342 e. The van der Waals surface area contributed by atoms with Crippen molar-refractivity contribution in [3.63, 3.8) is 0 Å². The van der Waals surface area contributed by atoms with E-state index in [9.17, 15) is 9.59 Å². The summed E-state index contributed by atoms with van der Waals surface area (Å²) in [5, 5.41) is 3.16. The van der Waals surface area contributed by atoms with Crippen molar-refractivity contribution in [1.82, 2.24) is 10.2 Å². The standard InChI is InChI=1S/C16H22N2O2S.ClH/c1-17-9-13-7-8-18(10-13)16(20)12-21-11-15(19)14-5-3-2-4-6-14;/h2-6,13,17H,7-12H2,1H3;1H. The molecule has 0 aliphatic carbocycles. The Bertz CT molecular complexity index is 484. The van der Waals surface area contributed by atoms with E-state index in [0.29, 0.717) is 23.0 Å². The summed E-state index contributed by atoms with van der Waals surface area (Å²) in [4.78, 5) is 25.9. The van der Waals surface area contributed by atoms with Crippen LogP contribution in [-0.2, 0) is 4.79 Å². The summed E-state index contributed by atoms with van der Waals surface area (Å²) >= 11 is 1.41. The molecule has 4 nitrogen and oxygen atoms in total. The van der Waals surface area contributed by atoms with Crippen LogP contribution in [0.5, 0.6) is 0 Å². The zero-order valence-corrected chi connectivity index (χ0v) is 14.4. The lowest BCUT2D eigenvalue weighted by atomic mass is 10.1. The van der Waals surface area contributed by atoms with Gasteiger partial charge in [0.2, 0.25) is 5.91 Å². The molecular formula is C16H23ClN2O2S.